The fourth-order valence-electron chi connectivity index (χ4n) is 2.91. The molecule has 0 spiro atoms. The van der Waals surface area contributed by atoms with Gasteiger partial charge < -0.3 is 28.7 Å². The molecule has 0 radical (unpaired) electrons. The van der Waals surface area contributed by atoms with Crippen LogP contribution in [0.4, 0.5) is 0 Å². The van der Waals surface area contributed by atoms with Gasteiger partial charge in [-0.25, -0.2) is 0 Å². The minimum Gasteiger partial charge on any atom is -0.312 e. The van der Waals surface area contributed by atoms with E-state index >= 15 is 0 Å². The first kappa shape index (κ1) is 22.3. The van der Waals surface area contributed by atoms with Gasteiger partial charge in [0.05, 0.1) is 12.3 Å². The Balaban J connectivity index is 2.42. The molecule has 0 aromatic rings. The third-order valence-electron chi connectivity index (χ3n) is 4.46. The third-order valence-corrected chi connectivity index (χ3v) is 8.23. The van der Waals surface area contributed by atoms with Crippen LogP contribution in [0.5, 0.6) is 0 Å². The van der Waals surface area contributed by atoms with Gasteiger partial charge in [0.15, 0.2) is 0 Å². The molecule has 2 atom stereocenters. The van der Waals surface area contributed by atoms with E-state index in [2.05, 4.69) is 10.6 Å². The summed E-state index contributed by atoms with van der Waals surface area (Å²) < 4.78 is 43.9. The molecule has 8 nitrogen and oxygen atoms in total. The summed E-state index contributed by atoms with van der Waals surface area (Å²) in [5, 5.41) is 6.89. The average molecular weight is 386 g/mol. The Hall–Kier alpha value is 0.220. The Morgan fingerprint density at radius 2 is 1.08 bits per heavy atom. The second-order valence-corrected chi connectivity index (χ2v) is 10.6. The normalized spacial score (nSPS) is 22.7. The molecule has 24 heavy (non-hydrogen) atoms. The molecule has 0 unspecified atom stereocenters. The average Bonchev–Trinajstić information content (AvgIpc) is 2.62. The summed E-state index contributed by atoms with van der Waals surface area (Å²) in [4.78, 5) is 0. The van der Waals surface area contributed by atoms with Crippen molar-refractivity contribution in [3.8, 4) is 0 Å². The molecule has 1 saturated carbocycles. The molecule has 0 aliphatic heterocycles. The largest absolute Gasteiger partial charge is 0.331 e. The van der Waals surface area contributed by atoms with Gasteiger partial charge in [0.1, 0.15) is 0 Å². The number of rotatable bonds is 12. The number of hydrogen-bond donors (Lipinski definition) is 2. The van der Waals surface area contributed by atoms with Gasteiger partial charge in [-0.05, 0) is 12.8 Å². The van der Waals surface area contributed by atoms with Crippen LogP contribution in [-0.4, -0.2) is 65.9 Å². The van der Waals surface area contributed by atoms with Gasteiger partial charge in [-0.1, -0.05) is 12.8 Å². The maximum Gasteiger partial charge on any atom is 0.331 e. The van der Waals surface area contributed by atoms with Gasteiger partial charge in [-0.2, -0.15) is 0 Å². The van der Waals surface area contributed by atoms with Crippen molar-refractivity contribution in [2.45, 2.75) is 37.8 Å². The van der Waals surface area contributed by atoms with Gasteiger partial charge in [0.2, 0.25) is 0 Å². The Bertz CT molecular complexity index is 395. The van der Waals surface area contributed by atoms with Crippen molar-refractivity contribution in [2.24, 2.45) is 0 Å². The minimum atomic E-state index is -2.97. The van der Waals surface area contributed by atoms with E-state index < -0.39 is 15.2 Å². The summed E-state index contributed by atoms with van der Waals surface area (Å²) in [7, 11) is -0.338. The minimum absolute atomic E-state index is 0.283. The van der Waals surface area contributed by atoms with Crippen molar-refractivity contribution in [3.63, 3.8) is 0 Å². The van der Waals surface area contributed by atoms with Gasteiger partial charge in [-0.15, -0.1) is 0 Å². The van der Waals surface area contributed by atoms with Crippen LogP contribution in [0.3, 0.4) is 0 Å². The lowest BCUT2D eigenvalue weighted by molar-refractivity contribution is 0.262. The Labute approximate surface area is 145 Å². The summed E-state index contributed by atoms with van der Waals surface area (Å²) >= 11 is 0. The maximum atomic E-state index is 12.1. The van der Waals surface area contributed by atoms with Crippen LogP contribution in [0, 0.1) is 0 Å². The van der Waals surface area contributed by atoms with E-state index in [0.717, 1.165) is 25.7 Å². The molecule has 144 valence electrons. The number of nitrogens with one attached hydrogen (secondary N) is 2. The SMILES string of the molecule is COP(=O)(CCN[C@H]1CCCC[C@@H]1NCCP(=O)(OC)OC)OC. The van der Waals surface area contributed by atoms with Crippen LogP contribution < -0.4 is 10.6 Å². The van der Waals surface area contributed by atoms with E-state index in [9.17, 15) is 9.13 Å². The highest BCUT2D eigenvalue weighted by atomic mass is 31.2. The second kappa shape index (κ2) is 11.0. The zero-order chi connectivity index (χ0) is 18.1. The highest BCUT2D eigenvalue weighted by Crippen LogP contribution is 2.46. The van der Waals surface area contributed by atoms with Crippen LogP contribution in [0.25, 0.3) is 0 Å². The van der Waals surface area contributed by atoms with E-state index in [1.807, 2.05) is 0 Å². The number of hydrogen-bond acceptors (Lipinski definition) is 8. The molecule has 0 saturated heterocycles. The lowest BCUT2D eigenvalue weighted by Crippen LogP contribution is -2.51. The van der Waals surface area contributed by atoms with Crippen molar-refractivity contribution >= 4 is 15.2 Å². The molecule has 0 bridgehead atoms. The van der Waals surface area contributed by atoms with Gasteiger partial charge in [0.25, 0.3) is 0 Å². The molecule has 2 N–H and O–H groups in total. The molecule has 1 aliphatic carbocycles. The molecule has 0 aromatic heterocycles. The zero-order valence-corrected chi connectivity index (χ0v) is 16.9. The lowest BCUT2D eigenvalue weighted by atomic mass is 9.90. The Kier molecular flexibility index (Phi) is 10.2. The Morgan fingerprint density at radius 1 is 0.750 bits per heavy atom. The standard InChI is InChI=1S/C14H32N2O6P2/c1-19-23(17,20-2)11-9-15-13-7-5-6-8-14(13)16-10-12-24(18,21-3)22-4/h13-16H,5-12H2,1-4H3/t13-,14-/m0/s1. The summed E-state index contributed by atoms with van der Waals surface area (Å²) in [6.45, 7) is 1.13. The fourth-order valence-corrected chi connectivity index (χ4v) is 4.74. The lowest BCUT2D eigenvalue weighted by Gasteiger charge is -2.33. The summed E-state index contributed by atoms with van der Waals surface area (Å²) in [6, 6.07) is 0.566. The van der Waals surface area contributed by atoms with Gasteiger partial charge in [0, 0.05) is 53.6 Å². The fraction of sp³-hybridized carbons (Fsp3) is 1.00. The summed E-state index contributed by atoms with van der Waals surface area (Å²) in [6.07, 6.45) is 5.10. The van der Waals surface area contributed by atoms with Crippen molar-refractivity contribution in [3.05, 3.63) is 0 Å². The van der Waals surface area contributed by atoms with E-state index in [-0.39, 0.29) is 12.1 Å². The van der Waals surface area contributed by atoms with E-state index in [1.54, 1.807) is 0 Å². The van der Waals surface area contributed by atoms with Crippen molar-refractivity contribution in [2.75, 3.05) is 53.9 Å². The van der Waals surface area contributed by atoms with Crippen LogP contribution in [0.15, 0.2) is 0 Å². The first-order valence-corrected chi connectivity index (χ1v) is 11.8. The molecule has 1 fully saturated rings. The molecular weight excluding hydrogens is 354 g/mol. The highest BCUT2D eigenvalue weighted by molar-refractivity contribution is 7.54. The van der Waals surface area contributed by atoms with Crippen molar-refractivity contribution in [1.29, 1.82) is 0 Å². The predicted octanol–water partition coefficient (Wildman–Crippen LogP) is 2.45. The molecule has 0 aromatic carbocycles. The predicted molar refractivity (Wildman–Crippen MR) is 95.0 cm³/mol. The monoisotopic (exact) mass is 386 g/mol. The van der Waals surface area contributed by atoms with Crippen LogP contribution in [0.2, 0.25) is 0 Å². The highest BCUT2D eigenvalue weighted by Gasteiger charge is 2.27. The third kappa shape index (κ3) is 7.22. The first-order valence-electron chi connectivity index (χ1n) is 8.30. The summed E-state index contributed by atoms with van der Waals surface area (Å²) in [5.74, 6) is 0. The van der Waals surface area contributed by atoms with Gasteiger partial charge in [-0.3, -0.25) is 9.13 Å². The molecule has 0 heterocycles. The van der Waals surface area contributed by atoms with Crippen LogP contribution in [-0.2, 0) is 27.2 Å². The van der Waals surface area contributed by atoms with Crippen molar-refractivity contribution < 1.29 is 27.2 Å². The van der Waals surface area contributed by atoms with Crippen molar-refractivity contribution in [1.82, 2.24) is 10.6 Å². The zero-order valence-electron chi connectivity index (χ0n) is 15.2. The molecule has 1 aliphatic rings. The molecule has 10 heteroatoms. The molecule has 0 amide bonds. The Morgan fingerprint density at radius 3 is 1.38 bits per heavy atom. The summed E-state index contributed by atoms with van der Waals surface area (Å²) in [5.41, 5.74) is 0. The maximum absolute atomic E-state index is 12.1. The first-order chi connectivity index (χ1) is 11.4. The second-order valence-electron chi connectivity index (χ2n) is 5.81. The molecular formula is C14H32N2O6P2. The van der Waals surface area contributed by atoms with Crippen LogP contribution in [0.1, 0.15) is 25.7 Å². The quantitative estimate of drug-likeness (QED) is 0.494. The van der Waals surface area contributed by atoms with E-state index in [4.69, 9.17) is 18.1 Å². The van der Waals surface area contributed by atoms with Gasteiger partial charge >= 0.3 is 15.2 Å². The van der Waals surface area contributed by atoms with E-state index in [0.29, 0.717) is 25.4 Å². The van der Waals surface area contributed by atoms with Crippen LogP contribution >= 0.6 is 15.2 Å². The van der Waals surface area contributed by atoms with E-state index in [1.165, 1.54) is 28.4 Å². The smallest absolute Gasteiger partial charge is 0.312 e. The topological polar surface area (TPSA) is 95.1 Å². The molecule has 1 rings (SSSR count).